The minimum absolute atomic E-state index is 0.103. The van der Waals surface area contributed by atoms with Gasteiger partial charge in [-0.15, -0.1) is 0 Å². The van der Waals surface area contributed by atoms with Crippen LogP contribution in [0.3, 0.4) is 0 Å². The van der Waals surface area contributed by atoms with Gasteiger partial charge in [0.15, 0.2) is 5.11 Å². The van der Waals surface area contributed by atoms with E-state index in [1.54, 1.807) is 14.2 Å². The van der Waals surface area contributed by atoms with Crippen LogP contribution in [0.25, 0.3) is 0 Å². The first kappa shape index (κ1) is 15.9. The van der Waals surface area contributed by atoms with Crippen molar-refractivity contribution in [1.82, 2.24) is 4.90 Å². The lowest BCUT2D eigenvalue weighted by molar-refractivity contribution is 0.149. The van der Waals surface area contributed by atoms with Gasteiger partial charge in [-0.05, 0) is 31.5 Å². The quantitative estimate of drug-likeness (QED) is 0.832. The molecule has 6 heteroatoms. The van der Waals surface area contributed by atoms with Crippen molar-refractivity contribution in [1.29, 1.82) is 0 Å². The van der Waals surface area contributed by atoms with Gasteiger partial charge in [0.05, 0.1) is 26.9 Å². The third-order valence-electron chi connectivity index (χ3n) is 3.70. The van der Waals surface area contributed by atoms with Crippen LogP contribution in [-0.4, -0.2) is 48.5 Å². The topological polar surface area (TPSA) is 54.0 Å². The summed E-state index contributed by atoms with van der Waals surface area (Å²) in [5, 5.41) is 13.3. The average molecular weight is 310 g/mol. The van der Waals surface area contributed by atoms with Crippen molar-refractivity contribution in [2.45, 2.75) is 25.3 Å². The minimum atomic E-state index is 0.103. The first-order chi connectivity index (χ1) is 10.2. The monoisotopic (exact) mass is 310 g/mol. The first-order valence-electron chi connectivity index (χ1n) is 7.09. The summed E-state index contributed by atoms with van der Waals surface area (Å²) in [7, 11) is 3.23. The molecule has 116 valence electrons. The molecule has 1 aliphatic heterocycles. The number of nitrogens with zero attached hydrogens (tertiary/aromatic N) is 1. The van der Waals surface area contributed by atoms with Gasteiger partial charge in [-0.3, -0.25) is 0 Å². The Kier molecular flexibility index (Phi) is 5.64. The van der Waals surface area contributed by atoms with Gasteiger partial charge < -0.3 is 24.8 Å². The molecule has 0 spiro atoms. The van der Waals surface area contributed by atoms with Gasteiger partial charge in [-0.2, -0.15) is 0 Å². The van der Waals surface area contributed by atoms with E-state index in [0.29, 0.717) is 16.6 Å². The normalized spacial score (nSPS) is 18.2. The maximum absolute atomic E-state index is 9.47. The number of aliphatic hydroxyl groups excluding tert-OH is 1. The summed E-state index contributed by atoms with van der Waals surface area (Å²) >= 11 is 5.48. The molecule has 5 nitrogen and oxygen atoms in total. The number of aliphatic hydroxyl groups is 1. The highest BCUT2D eigenvalue weighted by atomic mass is 32.1. The Morgan fingerprint density at radius 1 is 1.29 bits per heavy atom. The van der Waals surface area contributed by atoms with E-state index in [-0.39, 0.29) is 12.6 Å². The van der Waals surface area contributed by atoms with E-state index < -0.39 is 0 Å². The number of hydrogen-bond donors (Lipinski definition) is 2. The molecule has 0 bridgehead atoms. The van der Waals surface area contributed by atoms with E-state index >= 15 is 0 Å². The molecule has 0 amide bonds. The number of methoxy groups -OCH3 is 2. The van der Waals surface area contributed by atoms with Crippen LogP contribution >= 0.6 is 12.2 Å². The number of nitrogens with one attached hydrogen (secondary N) is 1. The van der Waals surface area contributed by atoms with Crippen molar-refractivity contribution in [2.24, 2.45) is 0 Å². The molecule has 0 saturated carbocycles. The molecular weight excluding hydrogens is 288 g/mol. The zero-order valence-electron chi connectivity index (χ0n) is 12.5. The van der Waals surface area contributed by atoms with E-state index in [2.05, 4.69) is 10.2 Å². The second-order valence-corrected chi connectivity index (χ2v) is 5.44. The van der Waals surface area contributed by atoms with Gasteiger partial charge in [0.1, 0.15) is 11.5 Å². The number of rotatable bonds is 4. The van der Waals surface area contributed by atoms with Crippen molar-refractivity contribution < 1.29 is 14.6 Å². The van der Waals surface area contributed by atoms with E-state index in [0.717, 1.165) is 31.5 Å². The maximum Gasteiger partial charge on any atom is 0.173 e. The summed E-state index contributed by atoms with van der Waals surface area (Å²) in [6, 6.07) is 5.65. The molecule has 0 radical (unpaired) electrons. The van der Waals surface area contributed by atoms with Gasteiger partial charge in [-0.1, -0.05) is 0 Å². The van der Waals surface area contributed by atoms with Gasteiger partial charge in [0.25, 0.3) is 0 Å². The lowest BCUT2D eigenvalue weighted by atomic mass is 10.0. The third-order valence-corrected chi connectivity index (χ3v) is 4.04. The fourth-order valence-electron chi connectivity index (χ4n) is 2.53. The Morgan fingerprint density at radius 3 is 2.52 bits per heavy atom. The molecule has 1 unspecified atom stereocenters. The Bertz CT molecular complexity index is 474. The highest BCUT2D eigenvalue weighted by molar-refractivity contribution is 7.80. The van der Waals surface area contributed by atoms with Gasteiger partial charge in [0, 0.05) is 30.4 Å². The zero-order valence-corrected chi connectivity index (χ0v) is 13.3. The van der Waals surface area contributed by atoms with Gasteiger partial charge in [-0.25, -0.2) is 0 Å². The second-order valence-electron chi connectivity index (χ2n) is 5.06. The maximum atomic E-state index is 9.47. The van der Waals surface area contributed by atoms with Crippen LogP contribution in [0, 0.1) is 0 Å². The summed E-state index contributed by atoms with van der Waals surface area (Å²) in [6.45, 7) is 1.00. The van der Waals surface area contributed by atoms with Crippen LogP contribution in [0.15, 0.2) is 18.2 Å². The van der Waals surface area contributed by atoms with E-state index in [9.17, 15) is 5.11 Å². The summed E-state index contributed by atoms with van der Waals surface area (Å²) in [5.41, 5.74) is 0.818. The SMILES string of the molecule is COc1cc(NC(=S)N2CCCCC2CO)cc(OC)c1. The number of thiocarbonyl (C=S) groups is 1. The van der Waals surface area contributed by atoms with E-state index in [1.165, 1.54) is 0 Å². The molecule has 1 aromatic carbocycles. The number of ether oxygens (including phenoxy) is 2. The van der Waals surface area contributed by atoms with Crippen LogP contribution in [0.2, 0.25) is 0 Å². The van der Waals surface area contributed by atoms with E-state index in [4.69, 9.17) is 21.7 Å². The number of hydrogen-bond acceptors (Lipinski definition) is 4. The molecule has 2 N–H and O–H groups in total. The summed E-state index contributed by atoms with van der Waals surface area (Å²) in [4.78, 5) is 2.06. The smallest absolute Gasteiger partial charge is 0.173 e. The minimum Gasteiger partial charge on any atom is -0.497 e. The molecule has 1 saturated heterocycles. The third kappa shape index (κ3) is 3.98. The molecule has 0 aromatic heterocycles. The summed E-state index contributed by atoms with van der Waals surface area (Å²) < 4.78 is 10.5. The molecule has 1 aromatic rings. The molecule has 1 fully saturated rings. The predicted molar refractivity (Wildman–Crippen MR) is 87.2 cm³/mol. The average Bonchev–Trinajstić information content (AvgIpc) is 2.54. The number of piperidine rings is 1. The van der Waals surface area contributed by atoms with Crippen molar-refractivity contribution in [3.8, 4) is 11.5 Å². The second kappa shape index (κ2) is 7.47. The number of likely N-dealkylation sites (tertiary alicyclic amines) is 1. The van der Waals surface area contributed by atoms with Crippen LogP contribution in [-0.2, 0) is 0 Å². The molecule has 1 atom stereocenters. The summed E-state index contributed by atoms with van der Waals surface area (Å²) in [6.07, 6.45) is 3.21. The highest BCUT2D eigenvalue weighted by Gasteiger charge is 2.23. The van der Waals surface area contributed by atoms with Crippen LogP contribution in [0.5, 0.6) is 11.5 Å². The Morgan fingerprint density at radius 2 is 1.95 bits per heavy atom. The lowest BCUT2D eigenvalue weighted by Crippen LogP contribution is -2.47. The Balaban J connectivity index is 2.11. The van der Waals surface area contributed by atoms with Crippen LogP contribution < -0.4 is 14.8 Å². The standard InChI is InChI=1S/C15H22N2O3S/c1-19-13-7-11(8-14(9-13)20-2)16-15(21)17-6-4-3-5-12(17)10-18/h7-9,12,18H,3-6,10H2,1-2H3,(H,16,21). The Labute approximate surface area is 130 Å². The lowest BCUT2D eigenvalue weighted by Gasteiger charge is -2.36. The Hall–Kier alpha value is -1.53. The number of benzene rings is 1. The molecule has 1 heterocycles. The molecular formula is C15H22N2O3S. The number of anilines is 1. The molecule has 2 rings (SSSR count). The summed E-state index contributed by atoms with van der Waals surface area (Å²) in [5.74, 6) is 1.41. The fraction of sp³-hybridized carbons (Fsp3) is 0.533. The largest absolute Gasteiger partial charge is 0.497 e. The van der Waals surface area contributed by atoms with E-state index in [1.807, 2.05) is 18.2 Å². The molecule has 21 heavy (non-hydrogen) atoms. The van der Waals surface area contributed by atoms with Crippen molar-refractivity contribution >= 4 is 23.0 Å². The van der Waals surface area contributed by atoms with Gasteiger partial charge in [0.2, 0.25) is 0 Å². The van der Waals surface area contributed by atoms with Crippen molar-refractivity contribution in [2.75, 3.05) is 32.7 Å². The highest BCUT2D eigenvalue weighted by Crippen LogP contribution is 2.26. The van der Waals surface area contributed by atoms with Crippen molar-refractivity contribution in [3.63, 3.8) is 0 Å². The first-order valence-corrected chi connectivity index (χ1v) is 7.50. The fourth-order valence-corrected chi connectivity index (χ4v) is 2.89. The predicted octanol–water partition coefficient (Wildman–Crippen LogP) is 2.25. The van der Waals surface area contributed by atoms with Gasteiger partial charge >= 0.3 is 0 Å². The zero-order chi connectivity index (χ0) is 15.2. The molecule has 1 aliphatic rings. The van der Waals surface area contributed by atoms with Crippen LogP contribution in [0.4, 0.5) is 5.69 Å². The molecule has 0 aliphatic carbocycles. The van der Waals surface area contributed by atoms with Crippen molar-refractivity contribution in [3.05, 3.63) is 18.2 Å². The van der Waals surface area contributed by atoms with Crippen LogP contribution in [0.1, 0.15) is 19.3 Å².